The molecule has 108 valence electrons. The number of amides is 1. The van der Waals surface area contributed by atoms with E-state index in [1.54, 1.807) is 4.90 Å². The Kier molecular flexibility index (Phi) is 3.54. The highest BCUT2D eigenvalue weighted by molar-refractivity contribution is 5.96. The Hall–Kier alpha value is -1.91. The summed E-state index contributed by atoms with van der Waals surface area (Å²) in [6.07, 6.45) is 0.869. The average Bonchev–Trinajstić information content (AvgIpc) is 2.61. The number of aromatic carboxylic acids is 1. The van der Waals surface area contributed by atoms with Crippen molar-refractivity contribution in [1.82, 2.24) is 4.90 Å². The highest BCUT2D eigenvalue weighted by Gasteiger charge is 2.40. The van der Waals surface area contributed by atoms with E-state index in [0.29, 0.717) is 12.5 Å². The van der Waals surface area contributed by atoms with Crippen molar-refractivity contribution in [3.05, 3.63) is 35.1 Å². The van der Waals surface area contributed by atoms with Gasteiger partial charge < -0.3 is 10.0 Å². The van der Waals surface area contributed by atoms with Crippen LogP contribution in [0, 0.1) is 11.7 Å². The molecule has 0 bridgehead atoms. The maximum Gasteiger partial charge on any atom is 0.335 e. The summed E-state index contributed by atoms with van der Waals surface area (Å²) in [4.78, 5) is 24.9. The second kappa shape index (κ2) is 4.89. The van der Waals surface area contributed by atoms with Gasteiger partial charge in [0.1, 0.15) is 5.82 Å². The number of hydrogen-bond donors (Lipinski definition) is 1. The molecular formula is C15H18FNO3. The van der Waals surface area contributed by atoms with Crippen molar-refractivity contribution < 1.29 is 19.1 Å². The number of carbonyl (C=O) groups excluding carboxylic acids is 1. The zero-order valence-electron chi connectivity index (χ0n) is 11.8. The maximum absolute atomic E-state index is 14.0. The van der Waals surface area contributed by atoms with Crippen LogP contribution in [0.4, 0.5) is 4.39 Å². The summed E-state index contributed by atoms with van der Waals surface area (Å²) in [5.74, 6) is -2.01. The van der Waals surface area contributed by atoms with E-state index in [-0.39, 0.29) is 22.6 Å². The topological polar surface area (TPSA) is 57.6 Å². The normalized spacial score (nSPS) is 21.0. The van der Waals surface area contributed by atoms with Crippen LogP contribution in [0.1, 0.15) is 47.9 Å². The third kappa shape index (κ3) is 2.53. The molecule has 1 atom stereocenters. The summed E-state index contributed by atoms with van der Waals surface area (Å²) in [6.45, 7) is 6.56. The number of carboxylic acid groups (broad SMARTS) is 1. The lowest BCUT2D eigenvalue weighted by molar-refractivity contribution is 0.0640. The molecule has 1 amide bonds. The molecule has 0 radical (unpaired) electrons. The molecule has 0 spiro atoms. The minimum atomic E-state index is -1.21. The number of halogens is 1. The highest BCUT2D eigenvalue weighted by atomic mass is 19.1. The second-order valence-electron chi connectivity index (χ2n) is 6.04. The molecule has 20 heavy (non-hydrogen) atoms. The smallest absolute Gasteiger partial charge is 0.335 e. The monoisotopic (exact) mass is 279 g/mol. The van der Waals surface area contributed by atoms with Crippen molar-refractivity contribution in [2.75, 3.05) is 6.54 Å². The second-order valence-corrected chi connectivity index (χ2v) is 6.04. The van der Waals surface area contributed by atoms with Gasteiger partial charge in [0.25, 0.3) is 5.91 Å². The largest absolute Gasteiger partial charge is 0.478 e. The van der Waals surface area contributed by atoms with Crippen molar-refractivity contribution in [3.63, 3.8) is 0 Å². The molecule has 1 N–H and O–H groups in total. The van der Waals surface area contributed by atoms with Crippen LogP contribution in [-0.2, 0) is 0 Å². The van der Waals surface area contributed by atoms with E-state index in [1.807, 2.05) is 13.8 Å². The van der Waals surface area contributed by atoms with E-state index < -0.39 is 11.8 Å². The van der Waals surface area contributed by atoms with Crippen LogP contribution in [-0.4, -0.2) is 34.0 Å². The SMILES string of the molecule is CC1CN(C(=O)c2ccc(C(=O)O)cc2F)C(C)(C)C1. The van der Waals surface area contributed by atoms with Gasteiger partial charge in [-0.3, -0.25) is 4.79 Å². The van der Waals surface area contributed by atoms with Gasteiger partial charge >= 0.3 is 5.97 Å². The van der Waals surface area contributed by atoms with Gasteiger partial charge in [-0.25, -0.2) is 9.18 Å². The van der Waals surface area contributed by atoms with Gasteiger partial charge in [-0.2, -0.15) is 0 Å². The minimum Gasteiger partial charge on any atom is -0.478 e. The molecule has 5 heteroatoms. The molecule has 2 rings (SSSR count). The molecule has 1 saturated heterocycles. The lowest BCUT2D eigenvalue weighted by Gasteiger charge is -2.31. The molecule has 1 aliphatic heterocycles. The van der Waals surface area contributed by atoms with E-state index >= 15 is 0 Å². The fourth-order valence-electron chi connectivity index (χ4n) is 2.91. The molecule has 1 aliphatic rings. The van der Waals surface area contributed by atoms with Crippen molar-refractivity contribution >= 4 is 11.9 Å². The van der Waals surface area contributed by atoms with Gasteiger partial charge in [0.2, 0.25) is 0 Å². The van der Waals surface area contributed by atoms with Crippen molar-refractivity contribution in [2.24, 2.45) is 5.92 Å². The number of carboxylic acids is 1. The third-order valence-corrected chi connectivity index (χ3v) is 3.76. The lowest BCUT2D eigenvalue weighted by Crippen LogP contribution is -2.43. The molecule has 1 heterocycles. The standard InChI is InChI=1S/C15H18FNO3/c1-9-7-15(2,3)17(8-9)13(18)11-5-4-10(14(19)20)6-12(11)16/h4-6,9H,7-8H2,1-3H3,(H,19,20). The number of rotatable bonds is 2. The molecule has 0 aliphatic carbocycles. The molecule has 0 aromatic heterocycles. The van der Waals surface area contributed by atoms with Gasteiger partial charge in [0, 0.05) is 12.1 Å². The summed E-state index contributed by atoms with van der Waals surface area (Å²) in [7, 11) is 0. The van der Waals surface area contributed by atoms with Gasteiger partial charge in [0.15, 0.2) is 0 Å². The fourth-order valence-corrected chi connectivity index (χ4v) is 2.91. The molecular weight excluding hydrogens is 261 g/mol. The van der Waals surface area contributed by atoms with E-state index in [1.165, 1.54) is 12.1 Å². The highest BCUT2D eigenvalue weighted by Crippen LogP contribution is 2.33. The third-order valence-electron chi connectivity index (χ3n) is 3.76. The Balaban J connectivity index is 2.32. The Morgan fingerprint density at radius 3 is 2.50 bits per heavy atom. The summed E-state index contributed by atoms with van der Waals surface area (Å²) in [5, 5.41) is 8.81. The van der Waals surface area contributed by atoms with Crippen LogP contribution in [0.2, 0.25) is 0 Å². The van der Waals surface area contributed by atoms with E-state index in [2.05, 4.69) is 6.92 Å². The predicted octanol–water partition coefficient (Wildman–Crippen LogP) is 2.78. The van der Waals surface area contributed by atoms with Gasteiger partial charge in [0.05, 0.1) is 11.1 Å². The first-order valence-corrected chi connectivity index (χ1v) is 6.57. The average molecular weight is 279 g/mol. The molecule has 1 fully saturated rings. The van der Waals surface area contributed by atoms with Crippen LogP contribution in [0.25, 0.3) is 0 Å². The van der Waals surface area contributed by atoms with Crippen molar-refractivity contribution in [1.29, 1.82) is 0 Å². The Morgan fingerprint density at radius 1 is 1.40 bits per heavy atom. The Labute approximate surface area is 117 Å². The summed E-state index contributed by atoms with van der Waals surface area (Å²) >= 11 is 0. The van der Waals surface area contributed by atoms with Crippen molar-refractivity contribution in [2.45, 2.75) is 32.7 Å². The first-order valence-electron chi connectivity index (χ1n) is 6.57. The van der Waals surface area contributed by atoms with Crippen LogP contribution in [0.3, 0.4) is 0 Å². The van der Waals surface area contributed by atoms with Crippen LogP contribution < -0.4 is 0 Å². The molecule has 1 aromatic carbocycles. The van der Waals surface area contributed by atoms with Gasteiger partial charge in [-0.05, 0) is 44.4 Å². The summed E-state index contributed by atoms with van der Waals surface area (Å²) < 4.78 is 14.0. The molecule has 0 saturated carbocycles. The number of hydrogen-bond acceptors (Lipinski definition) is 2. The van der Waals surface area contributed by atoms with Crippen LogP contribution in [0.5, 0.6) is 0 Å². The zero-order chi connectivity index (χ0) is 15.1. The summed E-state index contributed by atoms with van der Waals surface area (Å²) in [5.41, 5.74) is -0.542. The Morgan fingerprint density at radius 2 is 2.05 bits per heavy atom. The minimum absolute atomic E-state index is 0.0721. The Bertz CT molecular complexity index is 568. The summed E-state index contributed by atoms with van der Waals surface area (Å²) in [6, 6.07) is 3.40. The fraction of sp³-hybridized carbons (Fsp3) is 0.467. The van der Waals surface area contributed by atoms with Crippen molar-refractivity contribution in [3.8, 4) is 0 Å². The first-order chi connectivity index (χ1) is 9.22. The molecule has 1 unspecified atom stereocenters. The van der Waals surface area contributed by atoms with E-state index in [9.17, 15) is 14.0 Å². The van der Waals surface area contributed by atoms with E-state index in [0.717, 1.165) is 12.5 Å². The van der Waals surface area contributed by atoms with Gasteiger partial charge in [-0.15, -0.1) is 0 Å². The van der Waals surface area contributed by atoms with E-state index in [4.69, 9.17) is 5.11 Å². The quantitative estimate of drug-likeness (QED) is 0.905. The first kappa shape index (κ1) is 14.5. The number of nitrogens with zero attached hydrogens (tertiary/aromatic N) is 1. The zero-order valence-corrected chi connectivity index (χ0v) is 11.8. The van der Waals surface area contributed by atoms with Crippen LogP contribution >= 0.6 is 0 Å². The number of carbonyl (C=O) groups is 2. The van der Waals surface area contributed by atoms with Gasteiger partial charge in [-0.1, -0.05) is 6.92 Å². The molecule has 4 nitrogen and oxygen atoms in total. The van der Waals surface area contributed by atoms with Crippen LogP contribution in [0.15, 0.2) is 18.2 Å². The number of likely N-dealkylation sites (tertiary alicyclic amines) is 1. The lowest BCUT2D eigenvalue weighted by atomic mass is 9.97. The number of benzene rings is 1. The molecule has 1 aromatic rings. The maximum atomic E-state index is 14.0. The predicted molar refractivity (Wildman–Crippen MR) is 72.3 cm³/mol.